The number of ketones is 1. The van der Waals surface area contributed by atoms with Crippen LogP contribution in [-0.2, 0) is 6.54 Å². The number of carbonyl (C=O) groups excluding carboxylic acids is 1. The van der Waals surface area contributed by atoms with Crippen molar-refractivity contribution in [3.8, 4) is 11.5 Å². The van der Waals surface area contributed by atoms with Gasteiger partial charge in [0.1, 0.15) is 24.2 Å². The molecule has 0 unspecified atom stereocenters. The largest absolute Gasteiger partial charge is 0.494 e. The summed E-state index contributed by atoms with van der Waals surface area (Å²) in [7, 11) is 1.95. The molecule has 0 saturated heterocycles. The zero-order chi connectivity index (χ0) is 18.9. The Hall–Kier alpha value is -2.37. The van der Waals surface area contributed by atoms with Gasteiger partial charge in [0.2, 0.25) is 0 Å². The Morgan fingerprint density at radius 3 is 2.50 bits per heavy atom. The average molecular weight is 357 g/mol. The third kappa shape index (κ3) is 6.50. The fourth-order valence-electron chi connectivity index (χ4n) is 2.64. The molecule has 0 fully saturated rings. The number of rotatable bonds is 10. The lowest BCUT2D eigenvalue weighted by molar-refractivity contribution is 0.0743. The molecule has 2 rings (SSSR count). The van der Waals surface area contributed by atoms with E-state index < -0.39 is 6.10 Å². The van der Waals surface area contributed by atoms with Crippen molar-refractivity contribution in [1.29, 1.82) is 0 Å². The highest BCUT2D eigenvalue weighted by Gasteiger charge is 2.10. The summed E-state index contributed by atoms with van der Waals surface area (Å²) in [5.41, 5.74) is 1.75. The van der Waals surface area contributed by atoms with Gasteiger partial charge in [0, 0.05) is 18.7 Å². The quantitative estimate of drug-likeness (QED) is 0.662. The van der Waals surface area contributed by atoms with Crippen LogP contribution in [0.15, 0.2) is 48.5 Å². The molecule has 140 valence electrons. The smallest absolute Gasteiger partial charge is 0.159 e. The van der Waals surface area contributed by atoms with Gasteiger partial charge in [-0.25, -0.2) is 0 Å². The van der Waals surface area contributed by atoms with Crippen molar-refractivity contribution >= 4 is 5.78 Å². The first kappa shape index (κ1) is 19.9. The number of carbonyl (C=O) groups is 1. The lowest BCUT2D eigenvalue weighted by atomic mass is 10.1. The predicted molar refractivity (Wildman–Crippen MR) is 102 cm³/mol. The van der Waals surface area contributed by atoms with Gasteiger partial charge >= 0.3 is 0 Å². The van der Waals surface area contributed by atoms with Gasteiger partial charge in [0.05, 0.1) is 6.61 Å². The number of Topliss-reactive ketones (excluding diaryl/α,β-unsaturated/α-hetero) is 1. The molecule has 0 aromatic heterocycles. The van der Waals surface area contributed by atoms with Gasteiger partial charge in [0.15, 0.2) is 5.78 Å². The van der Waals surface area contributed by atoms with Crippen LogP contribution >= 0.6 is 0 Å². The van der Waals surface area contributed by atoms with Crippen molar-refractivity contribution in [1.82, 2.24) is 4.90 Å². The summed E-state index contributed by atoms with van der Waals surface area (Å²) >= 11 is 0. The molecule has 0 bridgehead atoms. The second kappa shape index (κ2) is 9.94. The van der Waals surface area contributed by atoms with Crippen molar-refractivity contribution in [2.75, 3.05) is 26.8 Å². The maximum atomic E-state index is 11.4. The number of aliphatic hydroxyl groups is 1. The van der Waals surface area contributed by atoms with Crippen LogP contribution < -0.4 is 9.47 Å². The Kier molecular flexibility index (Phi) is 7.63. The second-order valence-corrected chi connectivity index (χ2v) is 6.32. The van der Waals surface area contributed by atoms with Gasteiger partial charge in [-0.15, -0.1) is 0 Å². The molecular weight excluding hydrogens is 330 g/mol. The first-order chi connectivity index (χ1) is 12.5. The molecule has 1 N–H and O–H groups in total. The summed E-state index contributed by atoms with van der Waals surface area (Å²) in [6, 6.07) is 15.0. The third-order valence-corrected chi connectivity index (χ3v) is 3.89. The number of benzene rings is 2. The summed E-state index contributed by atoms with van der Waals surface area (Å²) in [5, 5.41) is 10.2. The number of hydrogen-bond acceptors (Lipinski definition) is 5. The summed E-state index contributed by atoms with van der Waals surface area (Å²) in [6.45, 7) is 5.52. The van der Waals surface area contributed by atoms with Gasteiger partial charge < -0.3 is 14.6 Å². The average Bonchev–Trinajstić information content (AvgIpc) is 2.62. The summed E-state index contributed by atoms with van der Waals surface area (Å²) in [6.07, 6.45) is -0.622. The molecule has 0 saturated carbocycles. The second-order valence-electron chi connectivity index (χ2n) is 6.32. The highest BCUT2D eigenvalue weighted by atomic mass is 16.5. The molecule has 0 aliphatic rings. The number of nitrogens with zero attached hydrogens (tertiary/aromatic N) is 1. The summed E-state index contributed by atoms with van der Waals surface area (Å²) < 4.78 is 11.0. The minimum atomic E-state index is -0.622. The normalized spacial score (nSPS) is 12.0. The van der Waals surface area contributed by atoms with Crippen molar-refractivity contribution in [2.24, 2.45) is 0 Å². The van der Waals surface area contributed by atoms with E-state index in [1.807, 2.05) is 43.1 Å². The summed E-state index contributed by atoms with van der Waals surface area (Å²) in [4.78, 5) is 13.4. The topological polar surface area (TPSA) is 59.0 Å². The first-order valence-electron chi connectivity index (χ1n) is 8.80. The maximum Gasteiger partial charge on any atom is 0.159 e. The molecule has 0 aliphatic heterocycles. The minimum Gasteiger partial charge on any atom is -0.494 e. The monoisotopic (exact) mass is 357 g/mol. The summed E-state index contributed by atoms with van der Waals surface area (Å²) in [5.74, 6) is 1.44. The van der Waals surface area contributed by atoms with E-state index in [0.717, 1.165) is 17.9 Å². The van der Waals surface area contributed by atoms with Crippen LogP contribution in [0, 0.1) is 0 Å². The van der Waals surface area contributed by atoms with E-state index in [1.165, 1.54) is 6.92 Å². The Labute approximate surface area is 155 Å². The minimum absolute atomic E-state index is 0.00825. The van der Waals surface area contributed by atoms with E-state index in [1.54, 1.807) is 24.3 Å². The molecule has 5 nitrogen and oxygen atoms in total. The van der Waals surface area contributed by atoms with Crippen molar-refractivity contribution in [3.05, 3.63) is 59.7 Å². The standard InChI is InChI=1S/C21H27NO4/c1-4-25-20-10-8-17(9-11-20)13-22(3)14-19(24)15-26-21-7-5-6-18(12-21)16(2)23/h5-12,19,24H,4,13-15H2,1-3H3/t19-/m0/s1. The molecule has 0 spiro atoms. The molecule has 2 aromatic rings. The highest BCUT2D eigenvalue weighted by Crippen LogP contribution is 2.15. The van der Waals surface area contributed by atoms with Crippen LogP contribution in [0.1, 0.15) is 29.8 Å². The number of likely N-dealkylation sites (N-methyl/N-ethyl adjacent to an activating group) is 1. The van der Waals surface area contributed by atoms with Crippen LogP contribution in [0.2, 0.25) is 0 Å². The van der Waals surface area contributed by atoms with E-state index in [0.29, 0.717) is 24.5 Å². The Morgan fingerprint density at radius 1 is 1.12 bits per heavy atom. The number of aliphatic hydroxyl groups excluding tert-OH is 1. The fourth-order valence-corrected chi connectivity index (χ4v) is 2.64. The fraction of sp³-hybridized carbons (Fsp3) is 0.381. The third-order valence-electron chi connectivity index (χ3n) is 3.89. The zero-order valence-electron chi connectivity index (χ0n) is 15.6. The molecular formula is C21H27NO4. The van der Waals surface area contributed by atoms with Crippen LogP contribution in [0.5, 0.6) is 11.5 Å². The molecule has 1 atom stereocenters. The predicted octanol–water partition coefficient (Wildman–Crippen LogP) is 3.16. The molecule has 5 heteroatoms. The van der Waals surface area contributed by atoms with E-state index >= 15 is 0 Å². The van der Waals surface area contributed by atoms with E-state index in [9.17, 15) is 9.90 Å². The van der Waals surface area contributed by atoms with Crippen LogP contribution in [-0.4, -0.2) is 48.7 Å². The van der Waals surface area contributed by atoms with E-state index in [2.05, 4.69) is 0 Å². The Morgan fingerprint density at radius 2 is 1.85 bits per heavy atom. The van der Waals surface area contributed by atoms with Crippen molar-refractivity contribution < 1.29 is 19.4 Å². The molecule has 0 aliphatic carbocycles. The van der Waals surface area contributed by atoms with E-state index in [-0.39, 0.29) is 12.4 Å². The van der Waals surface area contributed by atoms with Crippen molar-refractivity contribution in [2.45, 2.75) is 26.5 Å². The molecule has 26 heavy (non-hydrogen) atoms. The zero-order valence-corrected chi connectivity index (χ0v) is 15.6. The van der Waals surface area contributed by atoms with Gasteiger partial charge in [-0.1, -0.05) is 24.3 Å². The Bertz CT molecular complexity index is 699. The van der Waals surface area contributed by atoms with Gasteiger partial charge in [-0.05, 0) is 50.7 Å². The van der Waals surface area contributed by atoms with Crippen molar-refractivity contribution in [3.63, 3.8) is 0 Å². The highest BCUT2D eigenvalue weighted by molar-refractivity contribution is 5.94. The number of hydrogen-bond donors (Lipinski definition) is 1. The van der Waals surface area contributed by atoms with Crippen LogP contribution in [0.25, 0.3) is 0 Å². The molecule has 0 amide bonds. The van der Waals surface area contributed by atoms with Crippen LogP contribution in [0.4, 0.5) is 0 Å². The first-order valence-corrected chi connectivity index (χ1v) is 8.80. The maximum absolute atomic E-state index is 11.4. The number of ether oxygens (including phenoxy) is 2. The van der Waals surface area contributed by atoms with Gasteiger partial charge in [-0.3, -0.25) is 9.69 Å². The van der Waals surface area contributed by atoms with Gasteiger partial charge in [0.25, 0.3) is 0 Å². The SMILES string of the molecule is CCOc1ccc(CN(C)C[C@H](O)COc2cccc(C(C)=O)c2)cc1. The van der Waals surface area contributed by atoms with E-state index in [4.69, 9.17) is 9.47 Å². The molecule has 2 aromatic carbocycles. The van der Waals surface area contributed by atoms with Gasteiger partial charge in [-0.2, -0.15) is 0 Å². The lowest BCUT2D eigenvalue weighted by Gasteiger charge is -2.21. The lowest BCUT2D eigenvalue weighted by Crippen LogP contribution is -2.32. The molecule has 0 radical (unpaired) electrons. The molecule has 0 heterocycles. The Balaban J connectivity index is 1.78. The van der Waals surface area contributed by atoms with Crippen LogP contribution in [0.3, 0.4) is 0 Å².